The van der Waals surface area contributed by atoms with E-state index in [1.165, 1.54) is 0 Å². The first-order valence-corrected chi connectivity index (χ1v) is 10.7. The van der Waals surface area contributed by atoms with Crippen molar-refractivity contribution in [3.05, 3.63) is 47.5 Å². The van der Waals surface area contributed by atoms with Crippen molar-refractivity contribution in [3.63, 3.8) is 0 Å². The summed E-state index contributed by atoms with van der Waals surface area (Å²) in [5, 5.41) is 7.69. The van der Waals surface area contributed by atoms with E-state index in [9.17, 15) is 4.79 Å². The van der Waals surface area contributed by atoms with E-state index in [1.807, 2.05) is 54.4 Å². The highest BCUT2D eigenvalue weighted by Gasteiger charge is 2.32. The standard InChI is InChI=1S/C23H28N6O3/c1-15-19(27-32-26-15)13-21(30)29-12-6-5-7-20(29)22-18(14-24-23(25-22)28(2)3)16-8-10-17(31-4)11-9-16/h8-11,14,20H,5-7,12-13H2,1-4H3. The van der Waals surface area contributed by atoms with E-state index in [2.05, 4.69) is 15.3 Å². The van der Waals surface area contributed by atoms with Gasteiger partial charge in [0.25, 0.3) is 0 Å². The molecule has 0 saturated carbocycles. The van der Waals surface area contributed by atoms with Crippen LogP contribution in [0.3, 0.4) is 0 Å². The van der Waals surface area contributed by atoms with Crippen molar-refractivity contribution in [2.45, 2.75) is 38.6 Å². The third kappa shape index (κ3) is 4.42. The normalized spacial score (nSPS) is 16.1. The van der Waals surface area contributed by atoms with Gasteiger partial charge in [0.2, 0.25) is 11.9 Å². The number of rotatable bonds is 6. The molecule has 3 aromatic rings. The van der Waals surface area contributed by atoms with Crippen molar-refractivity contribution in [2.24, 2.45) is 0 Å². The molecular weight excluding hydrogens is 408 g/mol. The second-order valence-corrected chi connectivity index (χ2v) is 8.16. The molecular formula is C23H28N6O3. The SMILES string of the molecule is COc1ccc(-c2cnc(N(C)C)nc2C2CCCCN2C(=O)Cc2nonc2C)cc1. The summed E-state index contributed by atoms with van der Waals surface area (Å²) in [7, 11) is 5.47. The van der Waals surface area contributed by atoms with E-state index in [-0.39, 0.29) is 18.4 Å². The molecule has 2 aromatic heterocycles. The van der Waals surface area contributed by atoms with Gasteiger partial charge in [0.05, 0.1) is 25.3 Å². The third-order valence-electron chi connectivity index (χ3n) is 5.81. The van der Waals surface area contributed by atoms with Crippen LogP contribution >= 0.6 is 0 Å². The van der Waals surface area contributed by atoms with Gasteiger partial charge in [0, 0.05) is 32.4 Å². The van der Waals surface area contributed by atoms with Crippen LogP contribution in [0.5, 0.6) is 5.75 Å². The molecule has 1 unspecified atom stereocenters. The van der Waals surface area contributed by atoms with Crippen LogP contribution in [0.25, 0.3) is 11.1 Å². The molecule has 168 valence electrons. The highest BCUT2D eigenvalue weighted by atomic mass is 16.6. The number of aromatic nitrogens is 4. The lowest BCUT2D eigenvalue weighted by Gasteiger charge is -2.36. The molecule has 1 aromatic carbocycles. The average molecular weight is 437 g/mol. The molecule has 9 nitrogen and oxygen atoms in total. The first-order valence-electron chi connectivity index (χ1n) is 10.7. The van der Waals surface area contributed by atoms with Gasteiger partial charge in [-0.2, -0.15) is 0 Å². The Morgan fingerprint density at radius 3 is 2.66 bits per heavy atom. The fraction of sp³-hybridized carbons (Fsp3) is 0.435. The molecule has 0 spiro atoms. The molecule has 32 heavy (non-hydrogen) atoms. The summed E-state index contributed by atoms with van der Waals surface area (Å²) in [6, 6.07) is 7.69. The highest BCUT2D eigenvalue weighted by molar-refractivity contribution is 5.79. The topological polar surface area (TPSA) is 97.5 Å². The van der Waals surface area contributed by atoms with Gasteiger partial charge in [-0.25, -0.2) is 14.6 Å². The first-order chi connectivity index (χ1) is 15.5. The lowest BCUT2D eigenvalue weighted by Crippen LogP contribution is -2.40. The average Bonchev–Trinajstić information content (AvgIpc) is 3.22. The van der Waals surface area contributed by atoms with Gasteiger partial charge >= 0.3 is 0 Å². The smallest absolute Gasteiger partial charge is 0.229 e. The molecule has 3 heterocycles. The maximum atomic E-state index is 13.3. The number of methoxy groups -OCH3 is 1. The summed E-state index contributed by atoms with van der Waals surface area (Å²) in [5.74, 6) is 1.40. The predicted octanol–water partition coefficient (Wildman–Crippen LogP) is 3.21. The molecule has 1 amide bonds. The number of piperidine rings is 1. The number of ether oxygens (including phenoxy) is 1. The zero-order valence-corrected chi connectivity index (χ0v) is 18.9. The maximum Gasteiger partial charge on any atom is 0.229 e. The summed E-state index contributed by atoms with van der Waals surface area (Å²) in [6.45, 7) is 2.47. The summed E-state index contributed by atoms with van der Waals surface area (Å²) >= 11 is 0. The number of nitrogens with zero attached hydrogens (tertiary/aromatic N) is 6. The van der Waals surface area contributed by atoms with Gasteiger partial charge in [-0.15, -0.1) is 0 Å². The van der Waals surface area contributed by atoms with E-state index in [0.29, 0.717) is 23.9 Å². The number of anilines is 1. The number of amides is 1. The first kappa shape index (κ1) is 21.7. The molecule has 4 rings (SSSR count). The van der Waals surface area contributed by atoms with Crippen LogP contribution in [0.4, 0.5) is 5.95 Å². The largest absolute Gasteiger partial charge is 0.497 e. The Morgan fingerprint density at radius 1 is 1.22 bits per heavy atom. The molecule has 0 bridgehead atoms. The number of likely N-dealkylation sites (tertiary alicyclic amines) is 1. The second-order valence-electron chi connectivity index (χ2n) is 8.16. The van der Waals surface area contributed by atoms with Gasteiger partial charge in [0.1, 0.15) is 17.1 Å². The fourth-order valence-corrected chi connectivity index (χ4v) is 4.02. The van der Waals surface area contributed by atoms with Crippen LogP contribution in [0.2, 0.25) is 0 Å². The van der Waals surface area contributed by atoms with Crippen molar-refractivity contribution < 1.29 is 14.2 Å². The number of aryl methyl sites for hydroxylation is 1. The number of carbonyl (C=O) groups is 1. The Balaban J connectivity index is 1.73. The van der Waals surface area contributed by atoms with Gasteiger partial charge in [-0.3, -0.25) is 4.79 Å². The number of hydrogen-bond donors (Lipinski definition) is 0. The van der Waals surface area contributed by atoms with Crippen LogP contribution in [-0.2, 0) is 11.2 Å². The van der Waals surface area contributed by atoms with Crippen LogP contribution in [-0.4, -0.2) is 58.8 Å². The molecule has 1 aliphatic rings. The molecule has 9 heteroatoms. The summed E-state index contributed by atoms with van der Waals surface area (Å²) < 4.78 is 10.1. The van der Waals surface area contributed by atoms with Gasteiger partial charge in [-0.05, 0) is 43.9 Å². The van der Waals surface area contributed by atoms with E-state index >= 15 is 0 Å². The summed E-state index contributed by atoms with van der Waals surface area (Å²) in [4.78, 5) is 26.5. The molecule has 1 aliphatic heterocycles. The Hall–Kier alpha value is -3.49. The van der Waals surface area contributed by atoms with Crippen LogP contribution < -0.4 is 9.64 Å². The number of benzene rings is 1. The van der Waals surface area contributed by atoms with Gasteiger partial charge in [0.15, 0.2) is 0 Å². The third-order valence-corrected chi connectivity index (χ3v) is 5.81. The zero-order valence-electron chi connectivity index (χ0n) is 18.9. The van der Waals surface area contributed by atoms with Crippen molar-refractivity contribution >= 4 is 11.9 Å². The molecule has 0 N–H and O–H groups in total. The Bertz CT molecular complexity index is 1080. The van der Waals surface area contributed by atoms with Crippen molar-refractivity contribution in [1.82, 2.24) is 25.2 Å². The summed E-state index contributed by atoms with van der Waals surface area (Å²) in [5.41, 5.74) is 3.98. The van der Waals surface area contributed by atoms with Crippen LogP contribution in [0.15, 0.2) is 35.1 Å². The van der Waals surface area contributed by atoms with Crippen molar-refractivity contribution in [3.8, 4) is 16.9 Å². The number of hydrogen-bond acceptors (Lipinski definition) is 8. The summed E-state index contributed by atoms with van der Waals surface area (Å²) in [6.07, 6.45) is 4.84. The minimum absolute atomic E-state index is 0.000744. The quantitative estimate of drug-likeness (QED) is 0.581. The second kappa shape index (κ2) is 9.33. The van der Waals surface area contributed by atoms with Crippen molar-refractivity contribution in [1.29, 1.82) is 0 Å². The maximum absolute atomic E-state index is 13.3. The van der Waals surface area contributed by atoms with E-state index in [1.54, 1.807) is 14.0 Å². The predicted molar refractivity (Wildman–Crippen MR) is 119 cm³/mol. The van der Waals surface area contributed by atoms with Crippen molar-refractivity contribution in [2.75, 3.05) is 32.6 Å². The Morgan fingerprint density at radius 2 is 2.00 bits per heavy atom. The molecule has 1 fully saturated rings. The lowest BCUT2D eigenvalue weighted by atomic mass is 9.93. The van der Waals surface area contributed by atoms with Crippen LogP contribution in [0, 0.1) is 6.92 Å². The highest BCUT2D eigenvalue weighted by Crippen LogP contribution is 2.37. The molecule has 1 saturated heterocycles. The number of carbonyl (C=O) groups excluding carboxylic acids is 1. The zero-order chi connectivity index (χ0) is 22.7. The molecule has 1 atom stereocenters. The Labute approximate surface area is 187 Å². The van der Waals surface area contributed by atoms with Gasteiger partial charge in [-0.1, -0.05) is 22.4 Å². The van der Waals surface area contributed by atoms with Crippen LogP contribution in [0.1, 0.15) is 42.4 Å². The molecule has 0 radical (unpaired) electrons. The molecule has 0 aliphatic carbocycles. The fourth-order valence-electron chi connectivity index (χ4n) is 4.02. The minimum Gasteiger partial charge on any atom is -0.497 e. The lowest BCUT2D eigenvalue weighted by molar-refractivity contribution is -0.134. The van der Waals surface area contributed by atoms with E-state index in [0.717, 1.165) is 41.8 Å². The minimum atomic E-state index is -0.143. The van der Waals surface area contributed by atoms with E-state index in [4.69, 9.17) is 14.3 Å². The van der Waals surface area contributed by atoms with Gasteiger partial charge < -0.3 is 14.5 Å². The Kier molecular flexibility index (Phi) is 6.34. The van der Waals surface area contributed by atoms with E-state index < -0.39 is 0 Å². The monoisotopic (exact) mass is 436 g/mol.